The van der Waals surface area contributed by atoms with Crippen molar-refractivity contribution in [2.24, 2.45) is 7.05 Å². The molecule has 3 rings (SSSR count). The van der Waals surface area contributed by atoms with E-state index in [1.54, 1.807) is 23.9 Å². The molecule has 0 aliphatic carbocycles. The maximum atomic E-state index is 11.9. The number of pyridine rings is 1. The highest BCUT2D eigenvalue weighted by Gasteiger charge is 2.09. The average molecular weight is 199 g/mol. The lowest BCUT2D eigenvalue weighted by Crippen LogP contribution is -2.16. The molecule has 0 aliphatic rings. The van der Waals surface area contributed by atoms with E-state index in [2.05, 4.69) is 0 Å². The number of benzene rings is 1. The van der Waals surface area contributed by atoms with Gasteiger partial charge in [-0.15, -0.1) is 0 Å². The van der Waals surface area contributed by atoms with Crippen LogP contribution in [0.4, 0.5) is 0 Å². The van der Waals surface area contributed by atoms with Crippen LogP contribution in [0.1, 0.15) is 0 Å². The maximum Gasteiger partial charge on any atom is 0.261 e. The molecule has 0 fully saturated rings. The summed E-state index contributed by atoms with van der Waals surface area (Å²) in [4.78, 5) is 11.9. The van der Waals surface area contributed by atoms with Crippen molar-refractivity contribution in [1.82, 2.24) is 4.57 Å². The highest BCUT2D eigenvalue weighted by Crippen LogP contribution is 2.22. The van der Waals surface area contributed by atoms with Crippen molar-refractivity contribution in [3.63, 3.8) is 0 Å². The lowest BCUT2D eigenvalue weighted by Gasteiger charge is -2.04. The van der Waals surface area contributed by atoms with E-state index in [1.807, 2.05) is 24.3 Å². The molecule has 0 N–H and O–H groups in total. The SMILES string of the molecule is Cn1c(=O)c2ccoc2c2ccccc21. The van der Waals surface area contributed by atoms with Crippen LogP contribution in [0.5, 0.6) is 0 Å². The number of hydrogen-bond acceptors (Lipinski definition) is 2. The van der Waals surface area contributed by atoms with Crippen LogP contribution in [0.15, 0.2) is 45.8 Å². The first-order chi connectivity index (χ1) is 7.29. The molecule has 0 saturated carbocycles. The highest BCUT2D eigenvalue weighted by atomic mass is 16.3. The van der Waals surface area contributed by atoms with Crippen LogP contribution in [-0.4, -0.2) is 4.57 Å². The molecular weight excluding hydrogens is 190 g/mol. The van der Waals surface area contributed by atoms with Crippen molar-refractivity contribution < 1.29 is 4.42 Å². The number of hydrogen-bond donors (Lipinski definition) is 0. The van der Waals surface area contributed by atoms with E-state index >= 15 is 0 Å². The fraction of sp³-hybridized carbons (Fsp3) is 0.0833. The van der Waals surface area contributed by atoms with E-state index < -0.39 is 0 Å². The van der Waals surface area contributed by atoms with E-state index in [-0.39, 0.29) is 5.56 Å². The molecule has 74 valence electrons. The maximum absolute atomic E-state index is 11.9. The van der Waals surface area contributed by atoms with Gasteiger partial charge in [0.1, 0.15) is 5.58 Å². The lowest BCUT2D eigenvalue weighted by molar-refractivity contribution is 0.618. The molecule has 0 radical (unpaired) electrons. The van der Waals surface area contributed by atoms with Crippen LogP contribution in [0.25, 0.3) is 21.9 Å². The largest absolute Gasteiger partial charge is 0.463 e. The van der Waals surface area contributed by atoms with Crippen molar-refractivity contribution >= 4 is 21.9 Å². The standard InChI is InChI=1S/C12H9NO2/c1-13-10-5-3-2-4-8(10)11-9(12(13)14)6-7-15-11/h2-7H,1H3. The fourth-order valence-corrected chi connectivity index (χ4v) is 1.93. The zero-order chi connectivity index (χ0) is 10.4. The van der Waals surface area contributed by atoms with Gasteiger partial charge in [-0.05, 0) is 18.2 Å². The van der Waals surface area contributed by atoms with Crippen molar-refractivity contribution in [2.45, 2.75) is 0 Å². The van der Waals surface area contributed by atoms with Gasteiger partial charge in [-0.1, -0.05) is 12.1 Å². The summed E-state index contributed by atoms with van der Waals surface area (Å²) in [5, 5.41) is 1.61. The predicted octanol–water partition coefficient (Wildman–Crippen LogP) is 2.28. The monoisotopic (exact) mass is 199 g/mol. The van der Waals surface area contributed by atoms with E-state index in [4.69, 9.17) is 4.42 Å². The van der Waals surface area contributed by atoms with Crippen LogP contribution in [0.3, 0.4) is 0 Å². The number of furan rings is 1. The van der Waals surface area contributed by atoms with Gasteiger partial charge in [-0.3, -0.25) is 4.79 Å². The Morgan fingerprint density at radius 1 is 1.13 bits per heavy atom. The zero-order valence-corrected chi connectivity index (χ0v) is 8.23. The minimum absolute atomic E-state index is 0.0162. The Hall–Kier alpha value is -2.03. The Morgan fingerprint density at radius 2 is 1.93 bits per heavy atom. The van der Waals surface area contributed by atoms with Crippen LogP contribution < -0.4 is 5.56 Å². The van der Waals surface area contributed by atoms with Gasteiger partial charge in [0.2, 0.25) is 0 Å². The van der Waals surface area contributed by atoms with Crippen molar-refractivity contribution in [3.05, 3.63) is 46.9 Å². The van der Waals surface area contributed by atoms with Crippen molar-refractivity contribution in [3.8, 4) is 0 Å². The Labute approximate surface area is 85.5 Å². The first-order valence-electron chi connectivity index (χ1n) is 4.74. The van der Waals surface area contributed by atoms with Gasteiger partial charge in [-0.25, -0.2) is 0 Å². The molecule has 0 saturated heterocycles. The quantitative estimate of drug-likeness (QED) is 0.556. The summed E-state index contributed by atoms with van der Waals surface area (Å²) in [5.74, 6) is 0. The first-order valence-corrected chi connectivity index (χ1v) is 4.74. The van der Waals surface area contributed by atoms with Gasteiger partial charge in [0.05, 0.1) is 17.2 Å². The third-order valence-electron chi connectivity index (χ3n) is 2.71. The van der Waals surface area contributed by atoms with Gasteiger partial charge in [-0.2, -0.15) is 0 Å². The van der Waals surface area contributed by atoms with E-state index in [0.717, 1.165) is 10.9 Å². The fourth-order valence-electron chi connectivity index (χ4n) is 1.93. The molecule has 0 spiro atoms. The molecule has 2 aromatic heterocycles. The lowest BCUT2D eigenvalue weighted by atomic mass is 10.2. The van der Waals surface area contributed by atoms with E-state index in [9.17, 15) is 4.79 Å². The molecule has 3 nitrogen and oxygen atoms in total. The van der Waals surface area contributed by atoms with Crippen LogP contribution in [-0.2, 0) is 7.05 Å². The summed E-state index contributed by atoms with van der Waals surface area (Å²) in [6.07, 6.45) is 1.55. The summed E-state index contributed by atoms with van der Waals surface area (Å²) in [7, 11) is 1.77. The number of rotatable bonds is 0. The topological polar surface area (TPSA) is 35.1 Å². The van der Waals surface area contributed by atoms with Gasteiger partial charge < -0.3 is 8.98 Å². The molecule has 15 heavy (non-hydrogen) atoms. The molecule has 0 atom stereocenters. The second kappa shape index (κ2) is 2.73. The van der Waals surface area contributed by atoms with Crippen molar-refractivity contribution in [2.75, 3.05) is 0 Å². The third kappa shape index (κ3) is 0.973. The molecule has 3 aromatic rings. The van der Waals surface area contributed by atoms with E-state index in [0.29, 0.717) is 11.0 Å². The molecule has 0 amide bonds. The summed E-state index contributed by atoms with van der Waals surface area (Å²) in [6, 6.07) is 9.44. The van der Waals surface area contributed by atoms with Gasteiger partial charge >= 0.3 is 0 Å². The molecule has 1 aromatic carbocycles. The Balaban J connectivity index is 2.77. The van der Waals surface area contributed by atoms with Crippen LogP contribution >= 0.6 is 0 Å². The second-order valence-electron chi connectivity index (χ2n) is 3.54. The molecule has 0 aliphatic heterocycles. The highest BCUT2D eigenvalue weighted by molar-refractivity contribution is 6.01. The molecule has 0 unspecified atom stereocenters. The number of aromatic nitrogens is 1. The Kier molecular flexibility index (Phi) is 1.51. The van der Waals surface area contributed by atoms with Gasteiger partial charge in [0.15, 0.2) is 0 Å². The average Bonchev–Trinajstić information content (AvgIpc) is 2.75. The zero-order valence-electron chi connectivity index (χ0n) is 8.23. The normalized spacial score (nSPS) is 11.3. The van der Waals surface area contributed by atoms with Crippen LogP contribution in [0, 0.1) is 0 Å². The Morgan fingerprint density at radius 3 is 2.80 bits per heavy atom. The smallest absolute Gasteiger partial charge is 0.261 e. The van der Waals surface area contributed by atoms with Gasteiger partial charge in [0, 0.05) is 12.4 Å². The summed E-state index contributed by atoms with van der Waals surface area (Å²) < 4.78 is 7.00. The third-order valence-corrected chi connectivity index (χ3v) is 2.71. The molecule has 0 bridgehead atoms. The number of aryl methyl sites for hydroxylation is 1. The minimum atomic E-state index is -0.0162. The summed E-state index contributed by atoms with van der Waals surface area (Å²) >= 11 is 0. The van der Waals surface area contributed by atoms with Crippen molar-refractivity contribution in [1.29, 1.82) is 0 Å². The summed E-state index contributed by atoms with van der Waals surface area (Å²) in [5.41, 5.74) is 1.55. The molecular formula is C12H9NO2. The predicted molar refractivity (Wildman–Crippen MR) is 59.0 cm³/mol. The number of nitrogens with zero attached hydrogens (tertiary/aromatic N) is 1. The minimum Gasteiger partial charge on any atom is -0.463 e. The van der Waals surface area contributed by atoms with Gasteiger partial charge in [0.25, 0.3) is 5.56 Å². The second-order valence-corrected chi connectivity index (χ2v) is 3.54. The molecule has 3 heteroatoms. The Bertz CT molecular complexity index is 706. The molecule has 2 heterocycles. The first kappa shape index (κ1) is 8.29. The van der Waals surface area contributed by atoms with E-state index in [1.165, 1.54) is 0 Å². The van der Waals surface area contributed by atoms with Crippen LogP contribution in [0.2, 0.25) is 0 Å². The summed E-state index contributed by atoms with van der Waals surface area (Å²) in [6.45, 7) is 0. The number of para-hydroxylation sites is 1. The number of fused-ring (bicyclic) bond motifs is 3.